The van der Waals surface area contributed by atoms with Crippen LogP contribution in [0.4, 0.5) is 0 Å². The Morgan fingerprint density at radius 1 is 0.328 bits per heavy atom. The van der Waals surface area contributed by atoms with Crippen LogP contribution >= 0.6 is 127 Å². The van der Waals surface area contributed by atoms with Crippen molar-refractivity contribution in [3.8, 4) is 33.4 Å². The van der Waals surface area contributed by atoms with E-state index in [1.165, 1.54) is 16.7 Å². The predicted octanol–water partition coefficient (Wildman–Crippen LogP) is 19.6. The van der Waals surface area contributed by atoms with Crippen LogP contribution in [0.1, 0.15) is 90.4 Å². The highest BCUT2D eigenvalue weighted by Gasteiger charge is 2.29. The first-order valence-electron chi connectivity index (χ1n) is 19.7. The molecule has 0 atom stereocenters. The van der Waals surface area contributed by atoms with Crippen LogP contribution in [0, 0.1) is 0 Å². The van der Waals surface area contributed by atoms with E-state index in [2.05, 4.69) is 278 Å². The highest BCUT2D eigenvalue weighted by molar-refractivity contribution is 9.18. The number of halogens is 8. The molecule has 0 saturated heterocycles. The molecule has 8 rings (SSSR count). The standard InChI is InChI=1S/C49H42Br8N4/c1-47(2,3)25-16-10-22(11-17-25)28-39-31(50)33(52)41(58-39)29(23-12-18-26(19-13-23)48(4,5)6)43-35(54)37(56)45(60-43)46-38(57)36(55)44(61-46)30(42-34(53)32(51)40(28)59-42)24-14-20-27(21-15-24)49(7,8)9/h10-21,58-60H,1-9H3. The zero-order valence-corrected chi connectivity index (χ0v) is 47.6. The van der Waals surface area contributed by atoms with Gasteiger partial charge >= 0.3 is 0 Å². The third-order valence-electron chi connectivity index (χ3n) is 11.3. The van der Waals surface area contributed by atoms with Crippen molar-refractivity contribution in [3.63, 3.8) is 0 Å². The van der Waals surface area contributed by atoms with E-state index in [0.29, 0.717) is 0 Å². The Bertz CT molecular complexity index is 3070. The van der Waals surface area contributed by atoms with Crippen molar-refractivity contribution in [1.29, 1.82) is 0 Å². The van der Waals surface area contributed by atoms with Crippen LogP contribution in [0.15, 0.2) is 99.6 Å². The SMILES string of the molecule is CC(C)(C)c1ccc(-c2c3nc(c4[nH]c(c(Br)c4Br)c(-c4ccc(C(C)(C)C)cc4)c4[nH]c(c(Br)c4Br)c(-c4ccc(C(C)(C)C)cc4)c4[nH]c2c(Br)c4Br)C(Br)=C3Br)cc1. The maximum atomic E-state index is 5.48. The minimum absolute atomic E-state index is 0.00827. The molecule has 0 saturated carbocycles. The third-order valence-corrected chi connectivity index (χ3v) is 19.8. The summed E-state index contributed by atoms with van der Waals surface area (Å²) in [5.74, 6) is 0. The second kappa shape index (κ2) is 16.6. The molecule has 8 bridgehead atoms. The van der Waals surface area contributed by atoms with Crippen LogP contribution in [0.25, 0.3) is 75.4 Å². The Balaban J connectivity index is 1.65. The number of rotatable bonds is 3. The van der Waals surface area contributed by atoms with Gasteiger partial charge in [0.2, 0.25) is 0 Å². The van der Waals surface area contributed by atoms with E-state index in [1.54, 1.807) is 0 Å². The van der Waals surface area contributed by atoms with E-state index >= 15 is 0 Å². The molecule has 0 spiro atoms. The number of H-pyrrole nitrogens is 3. The average molecular weight is 1330 g/mol. The van der Waals surface area contributed by atoms with Gasteiger partial charge in [-0.15, -0.1) is 0 Å². The lowest BCUT2D eigenvalue weighted by Crippen LogP contribution is -2.10. The molecule has 4 aromatic heterocycles. The summed E-state index contributed by atoms with van der Waals surface area (Å²) in [6.45, 7) is 20.2. The smallest absolute Gasteiger partial charge is 0.104 e. The van der Waals surface area contributed by atoms with Crippen LogP contribution in [-0.4, -0.2) is 19.9 Å². The highest BCUT2D eigenvalue weighted by atomic mass is 79.9. The lowest BCUT2D eigenvalue weighted by atomic mass is 9.86. The topological polar surface area (TPSA) is 60.3 Å². The van der Waals surface area contributed by atoms with E-state index in [-0.39, 0.29) is 16.2 Å². The van der Waals surface area contributed by atoms with Gasteiger partial charge in [0.25, 0.3) is 0 Å². The molecule has 3 aromatic carbocycles. The second-order valence-corrected chi connectivity index (χ2v) is 24.9. The van der Waals surface area contributed by atoms with Crippen molar-refractivity contribution in [3.05, 3.63) is 128 Å². The van der Waals surface area contributed by atoms with Crippen molar-refractivity contribution in [2.45, 2.75) is 78.6 Å². The van der Waals surface area contributed by atoms with E-state index in [9.17, 15) is 0 Å². The number of aromatic nitrogens is 4. The summed E-state index contributed by atoms with van der Waals surface area (Å²) in [4.78, 5) is 17.2. The zero-order valence-electron chi connectivity index (χ0n) is 34.9. The molecule has 61 heavy (non-hydrogen) atoms. The summed E-state index contributed by atoms with van der Waals surface area (Å²) >= 11 is 32.5. The molecule has 1 aliphatic heterocycles. The number of nitrogens with one attached hydrogen (secondary N) is 3. The molecular formula is C49H42Br8N4. The van der Waals surface area contributed by atoms with Crippen molar-refractivity contribution in [2.75, 3.05) is 0 Å². The van der Waals surface area contributed by atoms with Crippen molar-refractivity contribution >= 4 is 170 Å². The third kappa shape index (κ3) is 8.16. The maximum absolute atomic E-state index is 5.48. The van der Waals surface area contributed by atoms with Crippen LogP contribution in [-0.2, 0) is 16.2 Å². The fourth-order valence-corrected chi connectivity index (χ4v) is 11.7. The summed E-state index contributed by atoms with van der Waals surface area (Å²) < 4.78 is 6.93. The Morgan fingerprint density at radius 2 is 0.574 bits per heavy atom. The minimum atomic E-state index is -0.0141. The molecule has 0 fully saturated rings. The first-order valence-corrected chi connectivity index (χ1v) is 26.0. The van der Waals surface area contributed by atoms with Crippen LogP contribution in [0.2, 0.25) is 0 Å². The van der Waals surface area contributed by atoms with Crippen molar-refractivity contribution in [1.82, 2.24) is 19.9 Å². The maximum Gasteiger partial charge on any atom is 0.104 e. The number of hydrogen-bond donors (Lipinski definition) is 3. The van der Waals surface area contributed by atoms with Gasteiger partial charge in [-0.25, -0.2) is 4.98 Å². The lowest BCUT2D eigenvalue weighted by molar-refractivity contribution is 0.590. The molecule has 0 aliphatic carbocycles. The molecule has 0 radical (unpaired) electrons. The fourth-order valence-electron chi connectivity index (χ4n) is 7.77. The molecule has 4 nitrogen and oxygen atoms in total. The summed E-state index contributed by atoms with van der Waals surface area (Å²) in [5, 5.41) is 0. The van der Waals surface area contributed by atoms with Gasteiger partial charge in [-0.3, -0.25) is 0 Å². The van der Waals surface area contributed by atoms with Crippen LogP contribution in [0.3, 0.4) is 0 Å². The zero-order chi connectivity index (χ0) is 44.2. The Kier molecular flexibility index (Phi) is 12.4. The molecule has 5 heterocycles. The number of hydrogen-bond acceptors (Lipinski definition) is 1. The predicted molar refractivity (Wildman–Crippen MR) is 290 cm³/mol. The molecule has 314 valence electrons. The van der Waals surface area contributed by atoms with Crippen molar-refractivity contribution < 1.29 is 0 Å². The molecule has 3 N–H and O–H groups in total. The number of benzene rings is 3. The molecular weight excluding hydrogens is 1280 g/mol. The van der Waals surface area contributed by atoms with Crippen LogP contribution in [0.5, 0.6) is 0 Å². The average Bonchev–Trinajstić information content (AvgIpc) is 3.86. The highest BCUT2D eigenvalue weighted by Crippen LogP contribution is 2.51. The van der Waals surface area contributed by atoms with Gasteiger partial charge in [-0.1, -0.05) is 135 Å². The molecule has 0 unspecified atom stereocenters. The van der Waals surface area contributed by atoms with E-state index in [4.69, 9.17) is 4.98 Å². The Labute approximate surface area is 424 Å². The fraction of sp³-hybridized carbons (Fsp3) is 0.245. The first-order chi connectivity index (χ1) is 28.5. The van der Waals surface area contributed by atoms with Crippen molar-refractivity contribution in [2.24, 2.45) is 0 Å². The molecule has 0 amide bonds. The summed E-state index contributed by atoms with van der Waals surface area (Å²) in [6, 6.07) is 26.6. The Morgan fingerprint density at radius 3 is 0.885 bits per heavy atom. The van der Waals surface area contributed by atoms with Crippen LogP contribution < -0.4 is 0 Å². The monoisotopic (exact) mass is 1320 g/mol. The van der Waals surface area contributed by atoms with Gasteiger partial charge in [-0.05, 0) is 177 Å². The summed E-state index contributed by atoms with van der Waals surface area (Å²) in [5.41, 5.74) is 16.5. The van der Waals surface area contributed by atoms with Gasteiger partial charge in [0.1, 0.15) is 5.69 Å². The number of nitrogens with zero attached hydrogens (tertiary/aromatic N) is 1. The first kappa shape index (κ1) is 45.8. The molecule has 1 aliphatic rings. The number of aromatic amines is 3. The van der Waals surface area contributed by atoms with Gasteiger partial charge < -0.3 is 15.0 Å². The lowest BCUT2D eigenvalue weighted by Gasteiger charge is -2.19. The quantitative estimate of drug-likeness (QED) is 0.162. The number of fused-ring (bicyclic) bond motifs is 9. The second-order valence-electron chi connectivity index (χ2n) is 18.6. The largest absolute Gasteiger partial charge is 0.352 e. The summed E-state index contributed by atoms with van der Waals surface area (Å²) in [7, 11) is 0. The van der Waals surface area contributed by atoms with Gasteiger partial charge in [0.15, 0.2) is 0 Å². The minimum Gasteiger partial charge on any atom is -0.352 e. The van der Waals surface area contributed by atoms with E-state index in [0.717, 1.165) is 114 Å². The van der Waals surface area contributed by atoms with Gasteiger partial charge in [0, 0.05) is 16.7 Å². The van der Waals surface area contributed by atoms with E-state index < -0.39 is 0 Å². The van der Waals surface area contributed by atoms with E-state index in [1.807, 2.05) is 0 Å². The summed E-state index contributed by atoms with van der Waals surface area (Å²) in [6.07, 6.45) is 0. The van der Waals surface area contributed by atoms with Gasteiger partial charge in [-0.2, -0.15) is 0 Å². The Hall–Kier alpha value is -1.77. The molecule has 7 aromatic rings. The molecule has 12 heteroatoms. The normalized spacial score (nSPS) is 13.3. The van der Waals surface area contributed by atoms with Gasteiger partial charge in [0.05, 0.1) is 74.6 Å².